The summed E-state index contributed by atoms with van der Waals surface area (Å²) < 4.78 is 3.26. The topological polar surface area (TPSA) is 34.0 Å². The highest BCUT2D eigenvalue weighted by molar-refractivity contribution is 9.11. The van der Waals surface area contributed by atoms with Gasteiger partial charge in [0.1, 0.15) is 0 Å². The number of aryl methyl sites for hydroxylation is 1. The summed E-state index contributed by atoms with van der Waals surface area (Å²) in [4.78, 5) is 11.8. The van der Waals surface area contributed by atoms with Crippen molar-refractivity contribution in [3.63, 3.8) is 0 Å². The SMILES string of the molecule is CC(C)(C)NCCCCn1cc(Br)cc(Br)c1=O. The zero-order valence-corrected chi connectivity index (χ0v) is 14.3. The molecule has 0 aliphatic carbocycles. The maximum atomic E-state index is 11.8. The zero-order valence-electron chi connectivity index (χ0n) is 11.1. The second kappa shape index (κ2) is 6.87. The third-order valence-electron chi connectivity index (χ3n) is 2.49. The van der Waals surface area contributed by atoms with Crippen LogP contribution in [0.2, 0.25) is 0 Å². The van der Waals surface area contributed by atoms with Crippen LogP contribution in [0.4, 0.5) is 0 Å². The van der Waals surface area contributed by atoms with Crippen molar-refractivity contribution in [2.75, 3.05) is 6.54 Å². The molecule has 0 unspecified atom stereocenters. The van der Waals surface area contributed by atoms with E-state index < -0.39 is 0 Å². The fraction of sp³-hybridized carbons (Fsp3) is 0.615. The summed E-state index contributed by atoms with van der Waals surface area (Å²) in [6, 6.07) is 1.78. The van der Waals surface area contributed by atoms with E-state index in [0.29, 0.717) is 4.47 Å². The summed E-state index contributed by atoms with van der Waals surface area (Å²) in [5, 5.41) is 3.44. The number of hydrogen-bond donors (Lipinski definition) is 1. The first-order valence-corrected chi connectivity index (χ1v) is 7.69. The Morgan fingerprint density at radius 3 is 2.56 bits per heavy atom. The molecule has 0 spiro atoms. The third kappa shape index (κ3) is 5.67. The van der Waals surface area contributed by atoms with E-state index in [2.05, 4.69) is 57.9 Å². The Kier molecular flexibility index (Phi) is 6.08. The average Bonchev–Trinajstić information content (AvgIpc) is 2.22. The Labute approximate surface area is 125 Å². The van der Waals surface area contributed by atoms with Gasteiger partial charge in [0.25, 0.3) is 5.56 Å². The molecule has 1 aromatic heterocycles. The fourth-order valence-electron chi connectivity index (χ4n) is 1.60. The monoisotopic (exact) mass is 378 g/mol. The first-order chi connectivity index (χ1) is 8.29. The van der Waals surface area contributed by atoms with Gasteiger partial charge in [-0.15, -0.1) is 0 Å². The van der Waals surface area contributed by atoms with Gasteiger partial charge in [0.2, 0.25) is 0 Å². The van der Waals surface area contributed by atoms with Crippen LogP contribution in [0.25, 0.3) is 0 Å². The maximum Gasteiger partial charge on any atom is 0.264 e. The second-order valence-electron chi connectivity index (χ2n) is 5.39. The van der Waals surface area contributed by atoms with Gasteiger partial charge in [-0.05, 0) is 78.1 Å². The summed E-state index contributed by atoms with van der Waals surface area (Å²) in [5.41, 5.74) is 0.192. The normalized spacial score (nSPS) is 11.8. The molecule has 0 bridgehead atoms. The Hall–Kier alpha value is -0.130. The number of rotatable bonds is 5. The second-order valence-corrected chi connectivity index (χ2v) is 7.16. The molecule has 1 N–H and O–H groups in total. The molecule has 1 heterocycles. The number of hydrogen-bond acceptors (Lipinski definition) is 2. The number of unbranched alkanes of at least 4 members (excludes halogenated alkanes) is 1. The molecule has 0 saturated carbocycles. The van der Waals surface area contributed by atoms with Gasteiger partial charge in [-0.3, -0.25) is 4.79 Å². The lowest BCUT2D eigenvalue weighted by molar-refractivity contribution is 0.413. The zero-order chi connectivity index (χ0) is 13.8. The Bertz CT molecular complexity index is 449. The highest BCUT2D eigenvalue weighted by Crippen LogP contribution is 2.13. The van der Waals surface area contributed by atoms with Crippen molar-refractivity contribution in [1.29, 1.82) is 0 Å². The van der Waals surface area contributed by atoms with Crippen LogP contribution in [0.3, 0.4) is 0 Å². The molecule has 0 aliphatic rings. The minimum atomic E-state index is 0.0296. The lowest BCUT2D eigenvalue weighted by atomic mass is 10.1. The predicted molar refractivity (Wildman–Crippen MR) is 83.1 cm³/mol. The summed E-state index contributed by atoms with van der Waals surface area (Å²) >= 11 is 6.66. The predicted octanol–water partition coefficient (Wildman–Crippen LogP) is 3.54. The van der Waals surface area contributed by atoms with E-state index in [9.17, 15) is 4.79 Å². The van der Waals surface area contributed by atoms with E-state index in [-0.39, 0.29) is 11.1 Å². The first kappa shape index (κ1) is 15.9. The van der Waals surface area contributed by atoms with Crippen molar-refractivity contribution in [3.8, 4) is 0 Å². The molecule has 1 rings (SSSR count). The lowest BCUT2D eigenvalue weighted by Crippen LogP contribution is -2.36. The highest BCUT2D eigenvalue weighted by atomic mass is 79.9. The van der Waals surface area contributed by atoms with Gasteiger partial charge >= 0.3 is 0 Å². The molecule has 0 saturated heterocycles. The van der Waals surface area contributed by atoms with Crippen LogP contribution in [0.1, 0.15) is 33.6 Å². The number of aromatic nitrogens is 1. The van der Waals surface area contributed by atoms with Crippen LogP contribution in [0.5, 0.6) is 0 Å². The molecule has 0 amide bonds. The van der Waals surface area contributed by atoms with E-state index in [1.165, 1.54) is 0 Å². The minimum Gasteiger partial charge on any atom is -0.313 e. The molecule has 5 heteroatoms. The van der Waals surface area contributed by atoms with Crippen molar-refractivity contribution in [3.05, 3.63) is 31.6 Å². The van der Waals surface area contributed by atoms with Crippen LogP contribution >= 0.6 is 31.9 Å². The molecular weight excluding hydrogens is 360 g/mol. The number of pyridine rings is 1. The van der Waals surface area contributed by atoms with Gasteiger partial charge in [-0.2, -0.15) is 0 Å². The molecule has 3 nitrogen and oxygen atoms in total. The van der Waals surface area contributed by atoms with Gasteiger partial charge in [-0.1, -0.05) is 0 Å². The van der Waals surface area contributed by atoms with E-state index in [1.807, 2.05) is 6.20 Å². The minimum absolute atomic E-state index is 0.0296. The van der Waals surface area contributed by atoms with Crippen LogP contribution in [0, 0.1) is 0 Å². The van der Waals surface area contributed by atoms with Crippen molar-refractivity contribution in [1.82, 2.24) is 9.88 Å². The Balaban J connectivity index is 2.43. The van der Waals surface area contributed by atoms with Gasteiger partial charge in [0, 0.05) is 22.8 Å². The van der Waals surface area contributed by atoms with Gasteiger partial charge in [-0.25, -0.2) is 0 Å². The van der Waals surface area contributed by atoms with Gasteiger partial charge < -0.3 is 9.88 Å². The van der Waals surface area contributed by atoms with Crippen LogP contribution < -0.4 is 10.9 Å². The van der Waals surface area contributed by atoms with E-state index in [0.717, 1.165) is 30.4 Å². The number of halogens is 2. The largest absolute Gasteiger partial charge is 0.313 e. The first-order valence-electron chi connectivity index (χ1n) is 6.10. The number of nitrogens with zero attached hydrogens (tertiary/aromatic N) is 1. The quantitative estimate of drug-likeness (QED) is 0.794. The Morgan fingerprint density at radius 1 is 1.28 bits per heavy atom. The van der Waals surface area contributed by atoms with Gasteiger partial charge in [0.05, 0.1) is 4.47 Å². The molecule has 0 atom stereocenters. The highest BCUT2D eigenvalue weighted by Gasteiger charge is 2.07. The molecule has 0 aromatic carbocycles. The summed E-state index contributed by atoms with van der Waals surface area (Å²) in [6.45, 7) is 8.20. The average molecular weight is 380 g/mol. The van der Waals surface area contributed by atoms with E-state index >= 15 is 0 Å². The molecular formula is C13H20Br2N2O. The van der Waals surface area contributed by atoms with Crippen molar-refractivity contribution < 1.29 is 0 Å². The van der Waals surface area contributed by atoms with E-state index in [4.69, 9.17) is 0 Å². The molecule has 18 heavy (non-hydrogen) atoms. The molecule has 102 valence electrons. The molecule has 0 radical (unpaired) electrons. The summed E-state index contributed by atoms with van der Waals surface area (Å²) in [5.74, 6) is 0. The summed E-state index contributed by atoms with van der Waals surface area (Å²) in [7, 11) is 0. The molecule has 0 fully saturated rings. The smallest absolute Gasteiger partial charge is 0.264 e. The number of nitrogens with one attached hydrogen (secondary N) is 1. The van der Waals surface area contributed by atoms with Crippen LogP contribution in [-0.2, 0) is 6.54 Å². The van der Waals surface area contributed by atoms with Crippen LogP contribution in [-0.4, -0.2) is 16.7 Å². The van der Waals surface area contributed by atoms with Gasteiger partial charge in [0.15, 0.2) is 0 Å². The third-order valence-corrected chi connectivity index (χ3v) is 3.49. The standard InChI is InChI=1S/C13H20Br2N2O/c1-13(2,3)16-6-4-5-7-17-9-10(14)8-11(15)12(17)18/h8-9,16H,4-7H2,1-3H3. The molecule has 1 aromatic rings. The van der Waals surface area contributed by atoms with Crippen LogP contribution in [0.15, 0.2) is 26.0 Å². The summed E-state index contributed by atoms with van der Waals surface area (Å²) in [6.07, 6.45) is 3.89. The van der Waals surface area contributed by atoms with Crippen molar-refractivity contribution in [2.45, 2.75) is 45.7 Å². The molecule has 0 aliphatic heterocycles. The van der Waals surface area contributed by atoms with E-state index in [1.54, 1.807) is 10.6 Å². The van der Waals surface area contributed by atoms with Crippen molar-refractivity contribution >= 4 is 31.9 Å². The fourth-order valence-corrected chi connectivity index (χ4v) is 2.86. The Morgan fingerprint density at radius 2 is 1.94 bits per heavy atom. The van der Waals surface area contributed by atoms with Crippen molar-refractivity contribution in [2.24, 2.45) is 0 Å². The lowest BCUT2D eigenvalue weighted by Gasteiger charge is -2.20. The maximum absolute atomic E-state index is 11.8.